The molecule has 0 aromatic heterocycles. The smallest absolute Gasteiger partial charge is 0.124 e. The SMILES string of the molecule is CSc1cccc(OCCCC(C)C)c1CN. The van der Waals surface area contributed by atoms with E-state index in [1.165, 1.54) is 11.3 Å². The molecule has 2 nitrogen and oxygen atoms in total. The normalized spacial score (nSPS) is 10.9. The van der Waals surface area contributed by atoms with Crippen molar-refractivity contribution in [2.24, 2.45) is 11.7 Å². The molecule has 0 atom stereocenters. The highest BCUT2D eigenvalue weighted by atomic mass is 32.2. The van der Waals surface area contributed by atoms with Crippen LogP contribution in [0.1, 0.15) is 32.3 Å². The van der Waals surface area contributed by atoms with Gasteiger partial charge in [0.2, 0.25) is 0 Å². The maximum absolute atomic E-state index is 5.83. The molecular weight excluding hydrogens is 230 g/mol. The fourth-order valence-corrected chi connectivity index (χ4v) is 2.39. The van der Waals surface area contributed by atoms with Crippen LogP contribution in [0.2, 0.25) is 0 Å². The number of hydrogen-bond donors (Lipinski definition) is 1. The molecule has 1 aromatic carbocycles. The molecule has 0 fully saturated rings. The van der Waals surface area contributed by atoms with E-state index in [9.17, 15) is 0 Å². The van der Waals surface area contributed by atoms with Crippen LogP contribution in [-0.4, -0.2) is 12.9 Å². The van der Waals surface area contributed by atoms with Crippen LogP contribution in [0.4, 0.5) is 0 Å². The number of thioether (sulfide) groups is 1. The van der Waals surface area contributed by atoms with Crippen molar-refractivity contribution in [3.8, 4) is 5.75 Å². The standard InChI is InChI=1S/C14H23NOS/c1-11(2)6-5-9-16-13-7-4-8-14(17-3)12(13)10-15/h4,7-8,11H,5-6,9-10,15H2,1-3H3. The molecule has 2 N–H and O–H groups in total. The number of benzene rings is 1. The van der Waals surface area contributed by atoms with Crippen molar-refractivity contribution < 1.29 is 4.74 Å². The maximum Gasteiger partial charge on any atom is 0.124 e. The van der Waals surface area contributed by atoms with Gasteiger partial charge in [-0.2, -0.15) is 0 Å². The minimum Gasteiger partial charge on any atom is -0.493 e. The summed E-state index contributed by atoms with van der Waals surface area (Å²) in [4.78, 5) is 1.22. The summed E-state index contributed by atoms with van der Waals surface area (Å²) in [5, 5.41) is 0. The number of rotatable bonds is 7. The third-order valence-electron chi connectivity index (χ3n) is 2.70. The van der Waals surface area contributed by atoms with E-state index in [0.29, 0.717) is 6.54 Å². The average Bonchev–Trinajstić information content (AvgIpc) is 2.33. The predicted molar refractivity (Wildman–Crippen MR) is 75.7 cm³/mol. The van der Waals surface area contributed by atoms with Crippen LogP contribution < -0.4 is 10.5 Å². The van der Waals surface area contributed by atoms with Gasteiger partial charge in [-0.1, -0.05) is 19.9 Å². The van der Waals surface area contributed by atoms with E-state index < -0.39 is 0 Å². The average molecular weight is 253 g/mol. The van der Waals surface area contributed by atoms with Crippen molar-refractivity contribution in [2.45, 2.75) is 38.1 Å². The van der Waals surface area contributed by atoms with Crippen LogP contribution in [-0.2, 0) is 6.54 Å². The van der Waals surface area contributed by atoms with Crippen molar-refractivity contribution in [3.05, 3.63) is 23.8 Å². The van der Waals surface area contributed by atoms with Gasteiger partial charge >= 0.3 is 0 Å². The van der Waals surface area contributed by atoms with E-state index >= 15 is 0 Å². The van der Waals surface area contributed by atoms with Gasteiger partial charge in [0.1, 0.15) is 5.75 Å². The summed E-state index contributed by atoms with van der Waals surface area (Å²) in [6.45, 7) is 5.79. The first kappa shape index (κ1) is 14.4. The van der Waals surface area contributed by atoms with Crippen LogP contribution in [0.3, 0.4) is 0 Å². The van der Waals surface area contributed by atoms with E-state index in [1.807, 2.05) is 12.1 Å². The highest BCUT2D eigenvalue weighted by Crippen LogP contribution is 2.28. The van der Waals surface area contributed by atoms with Crippen LogP contribution in [0.5, 0.6) is 5.75 Å². The van der Waals surface area contributed by atoms with Crippen molar-refractivity contribution in [1.29, 1.82) is 0 Å². The van der Waals surface area contributed by atoms with Crippen molar-refractivity contribution in [2.75, 3.05) is 12.9 Å². The van der Waals surface area contributed by atoms with Gasteiger partial charge in [0.15, 0.2) is 0 Å². The zero-order valence-corrected chi connectivity index (χ0v) is 11.8. The molecule has 0 saturated heterocycles. The Morgan fingerprint density at radius 3 is 2.71 bits per heavy atom. The first-order valence-corrected chi connectivity index (χ1v) is 7.40. The lowest BCUT2D eigenvalue weighted by Gasteiger charge is -2.13. The summed E-state index contributed by atoms with van der Waals surface area (Å²) >= 11 is 1.72. The van der Waals surface area contributed by atoms with Gasteiger partial charge in [0, 0.05) is 17.0 Å². The molecule has 0 aliphatic heterocycles. The molecule has 1 aromatic rings. The molecule has 0 amide bonds. The molecule has 3 heteroatoms. The Kier molecular flexibility index (Phi) is 6.45. The Morgan fingerprint density at radius 1 is 1.35 bits per heavy atom. The zero-order chi connectivity index (χ0) is 12.7. The van der Waals surface area contributed by atoms with Gasteiger partial charge in [-0.15, -0.1) is 11.8 Å². The Morgan fingerprint density at radius 2 is 2.12 bits per heavy atom. The van der Waals surface area contributed by atoms with Gasteiger partial charge in [0.05, 0.1) is 6.61 Å². The summed E-state index contributed by atoms with van der Waals surface area (Å²) in [6, 6.07) is 6.13. The molecular formula is C14H23NOS. The van der Waals surface area contributed by atoms with Crippen LogP contribution in [0.25, 0.3) is 0 Å². The highest BCUT2D eigenvalue weighted by Gasteiger charge is 2.07. The number of nitrogens with two attached hydrogens (primary N) is 1. The molecule has 0 unspecified atom stereocenters. The largest absolute Gasteiger partial charge is 0.493 e. The van der Waals surface area contributed by atoms with Crippen molar-refractivity contribution in [1.82, 2.24) is 0 Å². The van der Waals surface area contributed by atoms with E-state index in [2.05, 4.69) is 26.2 Å². The molecule has 0 bridgehead atoms. The monoisotopic (exact) mass is 253 g/mol. The quantitative estimate of drug-likeness (QED) is 0.594. The third-order valence-corrected chi connectivity index (χ3v) is 3.52. The topological polar surface area (TPSA) is 35.2 Å². The molecule has 0 saturated carbocycles. The summed E-state index contributed by atoms with van der Waals surface area (Å²) in [5.41, 5.74) is 6.92. The molecule has 0 aliphatic rings. The van der Waals surface area contributed by atoms with Crippen LogP contribution >= 0.6 is 11.8 Å². The molecule has 0 spiro atoms. The maximum atomic E-state index is 5.83. The van der Waals surface area contributed by atoms with E-state index in [0.717, 1.165) is 30.3 Å². The fraction of sp³-hybridized carbons (Fsp3) is 0.571. The van der Waals surface area contributed by atoms with Crippen molar-refractivity contribution in [3.63, 3.8) is 0 Å². The summed E-state index contributed by atoms with van der Waals surface area (Å²) in [6.07, 6.45) is 4.38. The molecule has 0 heterocycles. The zero-order valence-electron chi connectivity index (χ0n) is 11.0. The second-order valence-electron chi connectivity index (χ2n) is 4.53. The van der Waals surface area contributed by atoms with E-state index in [1.54, 1.807) is 11.8 Å². The molecule has 1 rings (SSSR count). The summed E-state index contributed by atoms with van der Waals surface area (Å²) in [5.74, 6) is 1.69. The number of hydrogen-bond acceptors (Lipinski definition) is 3. The van der Waals surface area contributed by atoms with Gasteiger partial charge in [-0.05, 0) is 37.1 Å². The summed E-state index contributed by atoms with van der Waals surface area (Å²) in [7, 11) is 0. The Balaban J connectivity index is 2.58. The lowest BCUT2D eigenvalue weighted by atomic mass is 10.1. The predicted octanol–water partition coefficient (Wildman–Crippen LogP) is 3.68. The molecule has 0 aliphatic carbocycles. The van der Waals surface area contributed by atoms with Crippen molar-refractivity contribution >= 4 is 11.8 Å². The first-order chi connectivity index (χ1) is 8.19. The highest BCUT2D eigenvalue weighted by molar-refractivity contribution is 7.98. The molecule has 96 valence electrons. The first-order valence-electron chi connectivity index (χ1n) is 6.17. The minimum absolute atomic E-state index is 0.538. The van der Waals surface area contributed by atoms with Crippen LogP contribution in [0, 0.1) is 5.92 Å². The third kappa shape index (κ3) is 4.60. The van der Waals surface area contributed by atoms with Crippen LogP contribution in [0.15, 0.2) is 23.1 Å². The van der Waals surface area contributed by atoms with Gasteiger partial charge in [-0.25, -0.2) is 0 Å². The van der Waals surface area contributed by atoms with Gasteiger partial charge < -0.3 is 10.5 Å². The summed E-state index contributed by atoms with van der Waals surface area (Å²) < 4.78 is 5.83. The Bertz CT molecular complexity index is 339. The second-order valence-corrected chi connectivity index (χ2v) is 5.37. The second kappa shape index (κ2) is 7.62. The van der Waals surface area contributed by atoms with Gasteiger partial charge in [0.25, 0.3) is 0 Å². The minimum atomic E-state index is 0.538. The molecule has 17 heavy (non-hydrogen) atoms. The lowest BCUT2D eigenvalue weighted by Crippen LogP contribution is -2.05. The Labute approximate surface area is 109 Å². The van der Waals surface area contributed by atoms with E-state index in [-0.39, 0.29) is 0 Å². The van der Waals surface area contributed by atoms with Gasteiger partial charge in [-0.3, -0.25) is 0 Å². The molecule has 0 radical (unpaired) electrons. The fourth-order valence-electron chi connectivity index (χ4n) is 1.75. The lowest BCUT2D eigenvalue weighted by molar-refractivity contribution is 0.294. The number of ether oxygens (including phenoxy) is 1. The Hall–Kier alpha value is -0.670. The van der Waals surface area contributed by atoms with E-state index in [4.69, 9.17) is 10.5 Å².